The number of carbonyl (C=O) groups is 1. The van der Waals surface area contributed by atoms with E-state index in [0.717, 1.165) is 30.4 Å². The first-order chi connectivity index (χ1) is 20.8. The highest BCUT2D eigenvalue weighted by Crippen LogP contribution is 2.50. The Morgan fingerprint density at radius 2 is 1.84 bits per heavy atom. The number of nitrogens with one attached hydrogen (secondary N) is 1. The molecule has 230 valence electrons. The third-order valence-electron chi connectivity index (χ3n) is 8.42. The van der Waals surface area contributed by atoms with Gasteiger partial charge in [-0.05, 0) is 43.0 Å². The first kappa shape index (κ1) is 28.5. The molecule has 2 bridgehead atoms. The number of carbonyl (C=O) groups excluding carboxylic acids is 1. The molecule has 44 heavy (non-hydrogen) atoms. The predicted molar refractivity (Wildman–Crippen MR) is 139 cm³/mol. The molecule has 2 aromatic heterocycles. The van der Waals surface area contributed by atoms with Crippen LogP contribution in [0, 0.1) is 11.7 Å². The van der Waals surface area contributed by atoms with Crippen LogP contribution in [0.4, 0.5) is 32.0 Å². The van der Waals surface area contributed by atoms with Crippen LogP contribution in [-0.4, -0.2) is 45.4 Å². The first-order valence-electron chi connectivity index (χ1n) is 13.7. The molecule has 16 heteroatoms. The minimum atomic E-state index is -4.82. The van der Waals surface area contributed by atoms with Crippen molar-refractivity contribution in [2.45, 2.75) is 49.4 Å². The van der Waals surface area contributed by atoms with E-state index < -0.39 is 47.7 Å². The third-order valence-corrected chi connectivity index (χ3v) is 8.42. The maximum Gasteiger partial charge on any atom is 0.471 e. The van der Waals surface area contributed by atoms with Crippen molar-refractivity contribution in [1.29, 1.82) is 0 Å². The van der Waals surface area contributed by atoms with Crippen LogP contribution >= 0.6 is 0 Å². The second-order valence-electron chi connectivity index (χ2n) is 11.5. The highest BCUT2D eigenvalue weighted by molar-refractivity contribution is 5.99. The van der Waals surface area contributed by atoms with Crippen LogP contribution in [-0.2, 0) is 28.9 Å². The summed E-state index contributed by atoms with van der Waals surface area (Å²) in [5.41, 5.74) is 4.82. The summed E-state index contributed by atoms with van der Waals surface area (Å²) < 4.78 is 94.8. The average Bonchev–Trinajstić information content (AvgIpc) is 3.66. The van der Waals surface area contributed by atoms with Crippen LogP contribution < -0.4 is 16.0 Å². The number of alkyl halides is 5. The van der Waals surface area contributed by atoms with Gasteiger partial charge in [-0.2, -0.15) is 18.2 Å². The van der Waals surface area contributed by atoms with Crippen LogP contribution in [0.3, 0.4) is 0 Å². The van der Waals surface area contributed by atoms with Crippen molar-refractivity contribution in [2.75, 3.05) is 18.0 Å². The Hall–Kier alpha value is -4.31. The molecule has 2 aromatic carbocycles. The highest BCUT2D eigenvalue weighted by Gasteiger charge is 2.52. The molecule has 4 aliphatic rings. The fourth-order valence-corrected chi connectivity index (χ4v) is 6.24. The lowest BCUT2D eigenvalue weighted by molar-refractivity contribution is -0.159. The van der Waals surface area contributed by atoms with E-state index in [2.05, 4.69) is 30.2 Å². The number of benzene rings is 2. The zero-order valence-electron chi connectivity index (χ0n) is 22.7. The molecule has 1 amide bonds. The van der Waals surface area contributed by atoms with Gasteiger partial charge in [0.05, 0.1) is 29.3 Å². The molecule has 0 spiro atoms. The van der Waals surface area contributed by atoms with E-state index in [0.29, 0.717) is 30.0 Å². The second-order valence-corrected chi connectivity index (χ2v) is 11.5. The number of nitrogens with zero attached hydrogens (tertiary/aromatic N) is 5. The fraction of sp³-hybridized carbons (Fsp3) is 0.393. The SMILES string of the molecule is NC1CC(F)(F)c2cc(F)c(-c3nnc(C45CNCC(C4)C5)o3)cc2N(Cc2ccc(-c3noc(C(F)(F)F)n3)cc2)C1=O. The normalized spacial score (nSPS) is 24.5. The topological polar surface area (TPSA) is 136 Å². The molecule has 5 heterocycles. The summed E-state index contributed by atoms with van der Waals surface area (Å²) in [7, 11) is 0. The van der Waals surface area contributed by atoms with Gasteiger partial charge in [-0.25, -0.2) is 13.2 Å². The van der Waals surface area contributed by atoms with E-state index in [1.165, 1.54) is 24.3 Å². The Labute approximate surface area is 244 Å². The van der Waals surface area contributed by atoms with Crippen molar-refractivity contribution in [2.24, 2.45) is 11.7 Å². The zero-order valence-corrected chi connectivity index (χ0v) is 22.7. The number of rotatable bonds is 5. The monoisotopic (exact) mass is 619 g/mol. The molecule has 1 aliphatic carbocycles. The number of nitrogens with two attached hydrogens (primary N) is 1. The number of hydrogen-bond donors (Lipinski definition) is 2. The van der Waals surface area contributed by atoms with E-state index in [1.807, 2.05) is 0 Å². The molecular formula is C28H23F6N7O3. The number of fused-ring (bicyclic) bond motifs is 3. The molecule has 4 aromatic rings. The molecule has 0 radical (unpaired) electrons. The van der Waals surface area contributed by atoms with Crippen LogP contribution in [0.5, 0.6) is 0 Å². The van der Waals surface area contributed by atoms with Gasteiger partial charge in [0.1, 0.15) is 5.82 Å². The Balaban J connectivity index is 1.23. The van der Waals surface area contributed by atoms with E-state index in [-0.39, 0.29) is 40.5 Å². The molecule has 1 unspecified atom stereocenters. The van der Waals surface area contributed by atoms with Crippen LogP contribution in [0.1, 0.15) is 42.2 Å². The fourth-order valence-electron chi connectivity index (χ4n) is 6.24. The average molecular weight is 620 g/mol. The van der Waals surface area contributed by atoms with Gasteiger partial charge < -0.3 is 24.9 Å². The lowest BCUT2D eigenvalue weighted by atomic mass is 9.59. The number of anilines is 1. The highest BCUT2D eigenvalue weighted by atomic mass is 19.4. The van der Waals surface area contributed by atoms with Crippen molar-refractivity contribution in [3.05, 3.63) is 65.1 Å². The van der Waals surface area contributed by atoms with Crippen molar-refractivity contribution in [3.8, 4) is 22.8 Å². The summed E-state index contributed by atoms with van der Waals surface area (Å²) >= 11 is 0. The number of piperidine rings is 2. The molecule has 1 atom stereocenters. The maximum absolute atomic E-state index is 15.4. The van der Waals surface area contributed by atoms with Crippen molar-refractivity contribution in [3.63, 3.8) is 0 Å². The van der Waals surface area contributed by atoms with Gasteiger partial charge in [-0.3, -0.25) is 4.79 Å². The molecule has 3 fully saturated rings. The summed E-state index contributed by atoms with van der Waals surface area (Å²) in [4.78, 5) is 17.7. The molecular weight excluding hydrogens is 596 g/mol. The van der Waals surface area contributed by atoms with Crippen LogP contribution in [0.15, 0.2) is 45.3 Å². The van der Waals surface area contributed by atoms with Gasteiger partial charge >= 0.3 is 12.1 Å². The van der Waals surface area contributed by atoms with Gasteiger partial charge in [0.15, 0.2) is 0 Å². The molecule has 8 rings (SSSR count). The van der Waals surface area contributed by atoms with E-state index in [9.17, 15) is 18.0 Å². The minimum absolute atomic E-state index is 0.181. The second kappa shape index (κ2) is 9.85. The van der Waals surface area contributed by atoms with Gasteiger partial charge in [-0.15, -0.1) is 10.2 Å². The Morgan fingerprint density at radius 3 is 2.50 bits per heavy atom. The smallest absolute Gasteiger partial charge is 0.420 e. The number of halogens is 6. The van der Waals surface area contributed by atoms with Crippen molar-refractivity contribution in [1.82, 2.24) is 25.7 Å². The quantitative estimate of drug-likeness (QED) is 0.309. The van der Waals surface area contributed by atoms with E-state index in [4.69, 9.17) is 10.2 Å². The Morgan fingerprint density at radius 1 is 1.09 bits per heavy atom. The Kier molecular flexibility index (Phi) is 6.37. The standard InChI is InChI=1S/C28H23F6N7O3/c29-18-6-17-20(5-16(18)22-38-39-24(43-22)26-7-14(8-26)10-36-12-26)41(23(42)19(35)9-27(17,30)31)11-13-1-3-15(4-2-13)21-37-25(44-40-21)28(32,33)34/h1-6,14,19,36H,7-12,35H2. The minimum Gasteiger partial charge on any atom is -0.420 e. The van der Waals surface area contributed by atoms with E-state index in [1.54, 1.807) is 0 Å². The summed E-state index contributed by atoms with van der Waals surface area (Å²) in [6.45, 7) is 1.24. The molecule has 2 saturated heterocycles. The molecule has 10 nitrogen and oxygen atoms in total. The lowest BCUT2D eigenvalue weighted by Crippen LogP contribution is -2.57. The summed E-state index contributed by atoms with van der Waals surface area (Å²) in [5, 5.41) is 14.8. The lowest BCUT2D eigenvalue weighted by Gasteiger charge is -2.50. The summed E-state index contributed by atoms with van der Waals surface area (Å²) in [5.74, 6) is -6.75. The van der Waals surface area contributed by atoms with Crippen molar-refractivity contribution < 1.29 is 40.1 Å². The largest absolute Gasteiger partial charge is 0.471 e. The van der Waals surface area contributed by atoms with Gasteiger partial charge in [0.2, 0.25) is 17.6 Å². The van der Waals surface area contributed by atoms with Crippen LogP contribution in [0.25, 0.3) is 22.8 Å². The molecule has 3 N–H and O–H groups in total. The van der Waals surface area contributed by atoms with Gasteiger partial charge in [0.25, 0.3) is 11.8 Å². The van der Waals surface area contributed by atoms with Gasteiger partial charge in [-0.1, -0.05) is 29.4 Å². The number of aromatic nitrogens is 4. The zero-order chi connectivity index (χ0) is 31.0. The summed E-state index contributed by atoms with van der Waals surface area (Å²) in [6.07, 6.45) is -4.18. The van der Waals surface area contributed by atoms with Gasteiger partial charge in [0, 0.05) is 24.1 Å². The van der Waals surface area contributed by atoms with Crippen LogP contribution in [0.2, 0.25) is 0 Å². The van der Waals surface area contributed by atoms with Crippen molar-refractivity contribution >= 4 is 11.6 Å². The maximum atomic E-state index is 15.4. The molecule has 1 saturated carbocycles. The Bertz CT molecular complexity index is 1740. The predicted octanol–water partition coefficient (Wildman–Crippen LogP) is 4.55. The third kappa shape index (κ3) is 4.72. The number of amides is 1. The summed E-state index contributed by atoms with van der Waals surface area (Å²) in [6, 6.07) is 5.82. The number of hydrogen-bond acceptors (Lipinski definition) is 9. The van der Waals surface area contributed by atoms with E-state index >= 15 is 13.2 Å². The first-order valence-corrected chi connectivity index (χ1v) is 13.7. The molecule has 3 aliphatic heterocycles.